The van der Waals surface area contributed by atoms with Crippen LogP contribution in [-0.4, -0.2) is 63.7 Å². The molecule has 172 valence electrons. The molecule has 1 aromatic carbocycles. The lowest BCUT2D eigenvalue weighted by Crippen LogP contribution is -2.49. The van der Waals surface area contributed by atoms with Crippen molar-refractivity contribution in [1.82, 2.24) is 14.8 Å². The summed E-state index contributed by atoms with van der Waals surface area (Å²) in [5.41, 5.74) is 5.36. The smallest absolute Gasteiger partial charge is 0.255 e. The maximum absolute atomic E-state index is 13.1. The number of benzene rings is 1. The summed E-state index contributed by atoms with van der Waals surface area (Å²) in [6, 6.07) is 8.96. The molecule has 1 aromatic heterocycles. The summed E-state index contributed by atoms with van der Waals surface area (Å²) < 4.78 is 5.77. The number of pyridine rings is 1. The highest BCUT2D eigenvalue weighted by Gasteiger charge is 2.47. The standard InChI is InChI=1S/C26H35N3O3/c1-6-21-8-7-20(12-27-21)26(31)29-14-22-11-23(29)13-28(22)19(5)24-9-10-25(18(4)17(24)3)32-15-16(2)30/h7-10,12,16,19,22-23,30H,6,11,13-15H2,1-5H3/t16?,19-,22-,23-/m0/s1. The Kier molecular flexibility index (Phi) is 6.54. The Morgan fingerprint density at radius 1 is 1.16 bits per heavy atom. The highest BCUT2D eigenvalue weighted by Crippen LogP contribution is 2.39. The van der Waals surface area contributed by atoms with Crippen LogP contribution in [0.15, 0.2) is 30.5 Å². The van der Waals surface area contributed by atoms with Gasteiger partial charge in [0.2, 0.25) is 0 Å². The highest BCUT2D eigenvalue weighted by molar-refractivity contribution is 5.94. The maximum atomic E-state index is 13.1. The molecular formula is C26H35N3O3. The molecule has 6 heteroatoms. The molecule has 3 heterocycles. The minimum atomic E-state index is -0.487. The number of hydrogen-bond donors (Lipinski definition) is 1. The molecule has 2 aromatic rings. The number of carbonyl (C=O) groups is 1. The number of fused-ring (bicyclic) bond motifs is 2. The summed E-state index contributed by atoms with van der Waals surface area (Å²) in [4.78, 5) is 22.1. The predicted octanol–water partition coefficient (Wildman–Crippen LogP) is 3.68. The van der Waals surface area contributed by atoms with Crippen LogP contribution in [-0.2, 0) is 6.42 Å². The lowest BCUT2D eigenvalue weighted by Gasteiger charge is -2.38. The average Bonchev–Trinajstić information content (AvgIpc) is 3.40. The summed E-state index contributed by atoms with van der Waals surface area (Å²) in [5, 5.41) is 9.51. The number of amides is 1. The van der Waals surface area contributed by atoms with E-state index < -0.39 is 6.10 Å². The molecule has 2 aliphatic heterocycles. The fourth-order valence-electron chi connectivity index (χ4n) is 5.16. The number of piperazine rings is 1. The van der Waals surface area contributed by atoms with Gasteiger partial charge in [-0.3, -0.25) is 14.7 Å². The van der Waals surface area contributed by atoms with Gasteiger partial charge < -0.3 is 14.7 Å². The van der Waals surface area contributed by atoms with Crippen molar-refractivity contribution >= 4 is 5.91 Å². The normalized spacial score (nSPS) is 22.2. The molecule has 0 saturated carbocycles. The first kappa shape index (κ1) is 22.7. The Bertz CT molecular complexity index is 973. The third kappa shape index (κ3) is 4.26. The van der Waals surface area contributed by atoms with Gasteiger partial charge in [0.15, 0.2) is 0 Å². The van der Waals surface area contributed by atoms with E-state index in [0.717, 1.165) is 42.9 Å². The number of aliphatic hydroxyl groups is 1. The number of carbonyl (C=O) groups excluding carboxylic acids is 1. The maximum Gasteiger partial charge on any atom is 0.255 e. The van der Waals surface area contributed by atoms with Gasteiger partial charge in [-0.05, 0) is 75.4 Å². The zero-order valence-electron chi connectivity index (χ0n) is 19.8. The monoisotopic (exact) mass is 437 g/mol. The predicted molar refractivity (Wildman–Crippen MR) is 125 cm³/mol. The highest BCUT2D eigenvalue weighted by atomic mass is 16.5. The second-order valence-corrected chi connectivity index (χ2v) is 9.33. The van der Waals surface area contributed by atoms with E-state index >= 15 is 0 Å². The number of likely N-dealkylation sites (tertiary alicyclic amines) is 2. The van der Waals surface area contributed by atoms with E-state index in [-0.39, 0.29) is 18.0 Å². The number of ether oxygens (including phenoxy) is 1. The van der Waals surface area contributed by atoms with Crippen LogP contribution in [0.25, 0.3) is 0 Å². The van der Waals surface area contributed by atoms with Gasteiger partial charge >= 0.3 is 0 Å². The van der Waals surface area contributed by atoms with Crippen molar-refractivity contribution in [3.63, 3.8) is 0 Å². The van der Waals surface area contributed by atoms with E-state index in [1.54, 1.807) is 13.1 Å². The summed E-state index contributed by atoms with van der Waals surface area (Å²) >= 11 is 0. The summed E-state index contributed by atoms with van der Waals surface area (Å²) in [7, 11) is 0. The van der Waals surface area contributed by atoms with E-state index in [1.165, 1.54) is 11.1 Å². The molecule has 2 fully saturated rings. The van der Waals surface area contributed by atoms with Crippen LogP contribution in [0.4, 0.5) is 0 Å². The third-order valence-electron chi connectivity index (χ3n) is 7.18. The molecule has 2 bridgehead atoms. The van der Waals surface area contributed by atoms with Crippen molar-refractivity contribution in [2.24, 2.45) is 0 Å². The van der Waals surface area contributed by atoms with E-state index in [2.05, 4.69) is 43.6 Å². The van der Waals surface area contributed by atoms with Gasteiger partial charge in [0.05, 0.1) is 11.7 Å². The molecule has 4 rings (SSSR count). The van der Waals surface area contributed by atoms with Crippen molar-refractivity contribution < 1.29 is 14.6 Å². The number of nitrogens with zero attached hydrogens (tertiary/aromatic N) is 3. The fraction of sp³-hybridized carbons (Fsp3) is 0.538. The van der Waals surface area contributed by atoms with Crippen molar-refractivity contribution in [3.05, 3.63) is 58.4 Å². The molecule has 1 N–H and O–H groups in total. The first-order valence-electron chi connectivity index (χ1n) is 11.7. The zero-order chi connectivity index (χ0) is 23.0. The molecule has 2 saturated heterocycles. The van der Waals surface area contributed by atoms with E-state index in [1.807, 2.05) is 23.1 Å². The van der Waals surface area contributed by atoms with Crippen molar-refractivity contribution in [2.75, 3.05) is 19.7 Å². The Morgan fingerprint density at radius 2 is 1.94 bits per heavy atom. The first-order chi connectivity index (χ1) is 15.3. The van der Waals surface area contributed by atoms with Crippen LogP contribution < -0.4 is 4.74 Å². The Hall–Kier alpha value is -2.44. The van der Waals surface area contributed by atoms with Gasteiger partial charge in [-0.15, -0.1) is 0 Å². The van der Waals surface area contributed by atoms with Gasteiger partial charge in [0.1, 0.15) is 12.4 Å². The molecule has 0 radical (unpaired) electrons. The molecule has 6 nitrogen and oxygen atoms in total. The Morgan fingerprint density at radius 3 is 2.53 bits per heavy atom. The minimum absolute atomic E-state index is 0.103. The van der Waals surface area contributed by atoms with Gasteiger partial charge in [-0.2, -0.15) is 0 Å². The van der Waals surface area contributed by atoms with Gasteiger partial charge in [0.25, 0.3) is 5.91 Å². The SMILES string of the molecule is CCc1ccc(C(=O)N2C[C@@H]3C[C@H]2CN3[C@@H](C)c2ccc(OCC(C)O)c(C)c2C)cn1. The molecule has 4 atom stereocenters. The van der Waals surface area contributed by atoms with Gasteiger partial charge in [-0.1, -0.05) is 13.0 Å². The topological polar surface area (TPSA) is 65.9 Å². The number of aryl methyl sites for hydroxylation is 1. The van der Waals surface area contributed by atoms with Crippen LogP contribution in [0.3, 0.4) is 0 Å². The van der Waals surface area contributed by atoms with E-state index in [9.17, 15) is 9.90 Å². The fourth-order valence-corrected chi connectivity index (χ4v) is 5.16. The van der Waals surface area contributed by atoms with Crippen molar-refractivity contribution in [1.29, 1.82) is 0 Å². The molecule has 32 heavy (non-hydrogen) atoms. The second-order valence-electron chi connectivity index (χ2n) is 9.33. The van der Waals surface area contributed by atoms with E-state index in [4.69, 9.17) is 4.74 Å². The minimum Gasteiger partial charge on any atom is -0.491 e. The van der Waals surface area contributed by atoms with E-state index in [0.29, 0.717) is 18.2 Å². The van der Waals surface area contributed by atoms with Crippen LogP contribution in [0.1, 0.15) is 66.0 Å². The first-order valence-corrected chi connectivity index (χ1v) is 11.7. The molecule has 0 spiro atoms. The van der Waals surface area contributed by atoms with Crippen LogP contribution in [0, 0.1) is 13.8 Å². The van der Waals surface area contributed by atoms with Crippen LogP contribution in [0.2, 0.25) is 0 Å². The number of aliphatic hydroxyl groups excluding tert-OH is 1. The van der Waals surface area contributed by atoms with Crippen molar-refractivity contribution in [2.45, 2.75) is 71.7 Å². The lowest BCUT2D eigenvalue weighted by molar-refractivity contribution is 0.0568. The molecular weight excluding hydrogens is 402 g/mol. The Balaban J connectivity index is 1.44. The number of hydrogen-bond acceptors (Lipinski definition) is 5. The summed E-state index contributed by atoms with van der Waals surface area (Å²) in [6.07, 6.45) is 3.15. The average molecular weight is 438 g/mol. The zero-order valence-corrected chi connectivity index (χ0v) is 19.8. The summed E-state index contributed by atoms with van der Waals surface area (Å²) in [6.45, 7) is 12.3. The third-order valence-corrected chi connectivity index (χ3v) is 7.18. The Labute approximate surface area is 191 Å². The molecule has 2 aliphatic rings. The number of aromatic nitrogens is 1. The van der Waals surface area contributed by atoms with Crippen LogP contribution in [0.5, 0.6) is 5.75 Å². The second kappa shape index (κ2) is 9.20. The quantitative estimate of drug-likeness (QED) is 0.716. The van der Waals surface area contributed by atoms with Gasteiger partial charge in [0, 0.05) is 43.1 Å². The summed E-state index contributed by atoms with van der Waals surface area (Å²) in [5.74, 6) is 0.938. The van der Waals surface area contributed by atoms with Crippen molar-refractivity contribution in [3.8, 4) is 5.75 Å². The van der Waals surface area contributed by atoms with Gasteiger partial charge in [-0.25, -0.2) is 0 Å². The molecule has 0 aliphatic carbocycles. The number of rotatable bonds is 7. The molecule has 1 amide bonds. The lowest BCUT2D eigenvalue weighted by atomic mass is 9.96. The largest absolute Gasteiger partial charge is 0.491 e. The molecule has 1 unspecified atom stereocenters. The van der Waals surface area contributed by atoms with Crippen LogP contribution >= 0.6 is 0 Å².